The number of carbonyl (C=O) groups is 1. The molecular weight excluding hydrogens is 321 g/mol. The van der Waals surface area contributed by atoms with Crippen LogP contribution >= 0.6 is 27.3 Å². The van der Waals surface area contributed by atoms with Crippen LogP contribution in [0.3, 0.4) is 0 Å². The van der Waals surface area contributed by atoms with E-state index >= 15 is 0 Å². The molecule has 1 atom stereocenters. The van der Waals surface area contributed by atoms with E-state index in [1.54, 1.807) is 6.07 Å². The van der Waals surface area contributed by atoms with Crippen LogP contribution in [0.15, 0.2) is 40.2 Å². The van der Waals surface area contributed by atoms with E-state index in [1.807, 2.05) is 5.38 Å². The quantitative estimate of drug-likeness (QED) is 0.894. The first-order valence-corrected chi connectivity index (χ1v) is 6.73. The second-order valence-corrected chi connectivity index (χ2v) is 5.36. The molecule has 1 heterocycles. The summed E-state index contributed by atoms with van der Waals surface area (Å²) in [6.07, 6.45) is 0. The van der Waals surface area contributed by atoms with Gasteiger partial charge in [-0.15, -0.1) is 11.3 Å². The summed E-state index contributed by atoms with van der Waals surface area (Å²) in [5.41, 5.74) is 0.559. The van der Waals surface area contributed by atoms with Gasteiger partial charge in [0.05, 0.1) is 4.88 Å². The molecule has 1 unspecified atom stereocenters. The van der Waals surface area contributed by atoms with E-state index in [9.17, 15) is 14.3 Å². The Balaban J connectivity index is 2.25. The molecule has 0 saturated heterocycles. The van der Waals surface area contributed by atoms with Gasteiger partial charge in [-0.2, -0.15) is 0 Å². The third-order valence-electron chi connectivity index (χ3n) is 2.31. The first-order valence-electron chi connectivity index (χ1n) is 5.05. The normalized spacial score (nSPS) is 12.1. The standard InChI is InChI=1S/C12H9BrFNO2S/c13-9-5-6-18-11(9)10(12(16)17)15-8-3-1-7(14)2-4-8/h1-6,10,15H,(H,16,17). The molecular formula is C12H9BrFNO2S. The number of hydrogen-bond donors (Lipinski definition) is 2. The van der Waals surface area contributed by atoms with E-state index in [4.69, 9.17) is 0 Å². The fraction of sp³-hybridized carbons (Fsp3) is 0.0833. The molecule has 0 spiro atoms. The van der Waals surface area contributed by atoms with Crippen LogP contribution in [0, 0.1) is 5.82 Å². The van der Waals surface area contributed by atoms with Crippen LogP contribution < -0.4 is 5.32 Å². The molecule has 0 radical (unpaired) electrons. The zero-order valence-corrected chi connectivity index (χ0v) is 11.5. The van der Waals surface area contributed by atoms with Gasteiger partial charge in [-0.3, -0.25) is 0 Å². The van der Waals surface area contributed by atoms with Crippen LogP contribution in [-0.2, 0) is 4.79 Å². The lowest BCUT2D eigenvalue weighted by molar-refractivity contribution is -0.138. The van der Waals surface area contributed by atoms with E-state index in [2.05, 4.69) is 21.2 Å². The lowest BCUT2D eigenvalue weighted by Gasteiger charge is -2.15. The summed E-state index contributed by atoms with van der Waals surface area (Å²) in [4.78, 5) is 11.9. The van der Waals surface area contributed by atoms with Crippen LogP contribution in [0.25, 0.3) is 0 Å². The highest BCUT2D eigenvalue weighted by atomic mass is 79.9. The van der Waals surface area contributed by atoms with Crippen LogP contribution in [0.1, 0.15) is 10.9 Å². The smallest absolute Gasteiger partial charge is 0.331 e. The summed E-state index contributed by atoms with van der Waals surface area (Å²) < 4.78 is 13.5. The molecule has 2 rings (SSSR count). The van der Waals surface area contributed by atoms with Crippen molar-refractivity contribution in [1.82, 2.24) is 0 Å². The van der Waals surface area contributed by atoms with Gasteiger partial charge in [0.15, 0.2) is 6.04 Å². The van der Waals surface area contributed by atoms with E-state index in [-0.39, 0.29) is 5.82 Å². The van der Waals surface area contributed by atoms with E-state index in [0.717, 1.165) is 4.47 Å². The van der Waals surface area contributed by atoms with Crippen molar-refractivity contribution >= 4 is 38.9 Å². The lowest BCUT2D eigenvalue weighted by Crippen LogP contribution is -2.19. The maximum Gasteiger partial charge on any atom is 0.331 e. The zero-order chi connectivity index (χ0) is 13.1. The summed E-state index contributed by atoms with van der Waals surface area (Å²) in [5, 5.41) is 13.9. The van der Waals surface area contributed by atoms with Crippen molar-refractivity contribution in [2.45, 2.75) is 6.04 Å². The summed E-state index contributed by atoms with van der Waals surface area (Å²) >= 11 is 4.65. The van der Waals surface area contributed by atoms with Crippen molar-refractivity contribution in [1.29, 1.82) is 0 Å². The Morgan fingerprint density at radius 2 is 2.00 bits per heavy atom. The minimum absolute atomic E-state index is 0.357. The first kappa shape index (κ1) is 13.0. The van der Waals surface area contributed by atoms with Gasteiger partial charge in [0.25, 0.3) is 0 Å². The number of carboxylic acid groups (broad SMARTS) is 1. The molecule has 18 heavy (non-hydrogen) atoms. The molecule has 2 aromatic rings. The fourth-order valence-electron chi connectivity index (χ4n) is 1.46. The third kappa shape index (κ3) is 2.88. The molecule has 0 bridgehead atoms. The molecule has 0 aliphatic heterocycles. The van der Waals surface area contributed by atoms with Crippen LogP contribution in [0.2, 0.25) is 0 Å². The Kier molecular flexibility index (Phi) is 3.98. The average Bonchev–Trinajstić information content (AvgIpc) is 2.74. The number of hydrogen-bond acceptors (Lipinski definition) is 3. The Morgan fingerprint density at radius 3 is 2.50 bits per heavy atom. The number of rotatable bonds is 4. The Hall–Kier alpha value is -1.40. The predicted molar refractivity (Wildman–Crippen MR) is 72.4 cm³/mol. The van der Waals surface area contributed by atoms with Crippen molar-refractivity contribution in [2.75, 3.05) is 5.32 Å². The Morgan fingerprint density at radius 1 is 1.33 bits per heavy atom. The van der Waals surface area contributed by atoms with Crippen molar-refractivity contribution < 1.29 is 14.3 Å². The van der Waals surface area contributed by atoms with Crippen molar-refractivity contribution in [2.24, 2.45) is 0 Å². The maximum absolute atomic E-state index is 12.8. The SMILES string of the molecule is O=C(O)C(Nc1ccc(F)cc1)c1sccc1Br. The number of aliphatic carboxylic acids is 1. The summed E-state index contributed by atoms with van der Waals surface area (Å²) in [7, 11) is 0. The van der Waals surface area contributed by atoms with E-state index < -0.39 is 12.0 Å². The second kappa shape index (κ2) is 5.49. The fourth-order valence-corrected chi connectivity index (χ4v) is 3.11. The van der Waals surface area contributed by atoms with Gasteiger partial charge in [-0.25, -0.2) is 9.18 Å². The highest BCUT2D eigenvalue weighted by molar-refractivity contribution is 9.10. The number of nitrogens with one attached hydrogen (secondary N) is 1. The topological polar surface area (TPSA) is 49.3 Å². The number of halogens is 2. The third-order valence-corrected chi connectivity index (χ3v) is 4.24. The van der Waals surface area contributed by atoms with Gasteiger partial charge in [-0.1, -0.05) is 0 Å². The second-order valence-electron chi connectivity index (χ2n) is 3.56. The highest BCUT2D eigenvalue weighted by Gasteiger charge is 2.23. The minimum Gasteiger partial charge on any atom is -0.479 e. The molecule has 1 aromatic carbocycles. The zero-order valence-electron chi connectivity index (χ0n) is 9.06. The number of anilines is 1. The molecule has 0 aliphatic rings. The molecule has 2 N–H and O–H groups in total. The number of benzene rings is 1. The molecule has 0 aliphatic carbocycles. The van der Waals surface area contributed by atoms with Gasteiger partial charge in [0, 0.05) is 10.2 Å². The van der Waals surface area contributed by atoms with Crippen LogP contribution in [0.5, 0.6) is 0 Å². The van der Waals surface area contributed by atoms with Gasteiger partial charge >= 0.3 is 5.97 Å². The predicted octanol–water partition coefficient (Wildman–Crippen LogP) is 3.89. The van der Waals surface area contributed by atoms with Gasteiger partial charge in [-0.05, 0) is 51.6 Å². The lowest BCUT2D eigenvalue weighted by atomic mass is 10.2. The molecule has 0 fully saturated rings. The van der Waals surface area contributed by atoms with Crippen LogP contribution in [-0.4, -0.2) is 11.1 Å². The summed E-state index contributed by atoms with van der Waals surface area (Å²) in [6.45, 7) is 0. The molecule has 3 nitrogen and oxygen atoms in total. The minimum atomic E-state index is -0.984. The van der Waals surface area contributed by atoms with Gasteiger partial charge in [0.1, 0.15) is 5.82 Å². The Labute approximate surface area is 115 Å². The van der Waals surface area contributed by atoms with Crippen molar-refractivity contribution in [3.8, 4) is 0 Å². The largest absolute Gasteiger partial charge is 0.479 e. The molecule has 0 amide bonds. The van der Waals surface area contributed by atoms with Crippen molar-refractivity contribution in [3.63, 3.8) is 0 Å². The molecule has 94 valence electrons. The first-order chi connectivity index (χ1) is 8.58. The summed E-state index contributed by atoms with van der Waals surface area (Å²) in [5.74, 6) is -1.34. The van der Waals surface area contributed by atoms with E-state index in [1.165, 1.54) is 35.6 Å². The van der Waals surface area contributed by atoms with Crippen molar-refractivity contribution in [3.05, 3.63) is 50.9 Å². The van der Waals surface area contributed by atoms with Gasteiger partial charge in [0.2, 0.25) is 0 Å². The van der Waals surface area contributed by atoms with Crippen LogP contribution in [0.4, 0.5) is 10.1 Å². The van der Waals surface area contributed by atoms with E-state index in [0.29, 0.717) is 10.6 Å². The van der Waals surface area contributed by atoms with Gasteiger partial charge < -0.3 is 10.4 Å². The Bertz CT molecular complexity index is 555. The molecule has 1 aromatic heterocycles. The number of carboxylic acids is 1. The molecule has 0 saturated carbocycles. The summed E-state index contributed by atoms with van der Waals surface area (Å²) in [6, 6.07) is 6.52. The number of thiophene rings is 1. The average molecular weight is 330 g/mol. The molecule has 6 heteroatoms. The highest BCUT2D eigenvalue weighted by Crippen LogP contribution is 2.31. The maximum atomic E-state index is 12.8. The monoisotopic (exact) mass is 329 g/mol.